The first-order chi connectivity index (χ1) is 8.90. The zero-order valence-corrected chi connectivity index (χ0v) is 13.3. The van der Waals surface area contributed by atoms with Gasteiger partial charge < -0.3 is 14.4 Å². The van der Waals surface area contributed by atoms with Gasteiger partial charge in [-0.1, -0.05) is 0 Å². The van der Waals surface area contributed by atoms with Crippen LogP contribution in [-0.4, -0.2) is 30.3 Å². The van der Waals surface area contributed by atoms with Gasteiger partial charge in [0.2, 0.25) is 5.91 Å². The number of rotatable bonds is 7. The van der Waals surface area contributed by atoms with E-state index in [1.165, 1.54) is 11.3 Å². The Morgan fingerprint density at radius 3 is 2.32 bits per heavy atom. The van der Waals surface area contributed by atoms with E-state index >= 15 is 0 Å². The quantitative estimate of drug-likeness (QED) is 0.784. The molecule has 0 saturated carbocycles. The summed E-state index contributed by atoms with van der Waals surface area (Å²) in [7, 11) is -3.35. The van der Waals surface area contributed by atoms with Crippen molar-refractivity contribution in [2.24, 2.45) is 0 Å². The number of hydrogen-bond acceptors (Lipinski definition) is 6. The van der Waals surface area contributed by atoms with Crippen molar-refractivity contribution in [3.05, 3.63) is 10.6 Å². The maximum Gasteiger partial charge on any atom is 0.340 e. The van der Waals surface area contributed by atoms with Crippen molar-refractivity contribution in [2.75, 3.05) is 24.7 Å². The van der Waals surface area contributed by atoms with Gasteiger partial charge in [-0.15, -0.1) is 11.3 Å². The fourth-order valence-corrected chi connectivity index (χ4v) is 3.69. The van der Waals surface area contributed by atoms with Crippen LogP contribution in [0, 0.1) is 13.8 Å². The lowest BCUT2D eigenvalue weighted by molar-refractivity contribution is -0.114. The molecule has 0 aliphatic rings. The van der Waals surface area contributed by atoms with Crippen LogP contribution in [0.2, 0.25) is 0 Å². The maximum atomic E-state index is 12.2. The Kier molecular flexibility index (Phi) is 6.13. The van der Waals surface area contributed by atoms with Gasteiger partial charge in [0.1, 0.15) is 6.16 Å². The number of thiazole rings is 1. The summed E-state index contributed by atoms with van der Waals surface area (Å²) in [5.74, 6) is -0.418. The Hall–Kier alpha value is -0.750. The first-order valence-corrected chi connectivity index (χ1v) is 8.56. The molecule has 0 radical (unpaired) electrons. The van der Waals surface area contributed by atoms with Gasteiger partial charge in [-0.2, -0.15) is 0 Å². The van der Waals surface area contributed by atoms with E-state index in [0.717, 1.165) is 10.6 Å². The van der Waals surface area contributed by atoms with E-state index in [9.17, 15) is 9.36 Å². The molecule has 0 fully saturated rings. The molecule has 0 spiro atoms. The third-order valence-electron chi connectivity index (χ3n) is 2.26. The van der Waals surface area contributed by atoms with Gasteiger partial charge in [0.25, 0.3) is 0 Å². The highest BCUT2D eigenvalue weighted by molar-refractivity contribution is 7.54. The number of aryl methyl sites for hydroxylation is 2. The molecule has 1 amide bonds. The molecule has 6 nitrogen and oxygen atoms in total. The molecule has 0 bridgehead atoms. The van der Waals surface area contributed by atoms with E-state index in [2.05, 4.69) is 10.3 Å². The van der Waals surface area contributed by atoms with Crippen molar-refractivity contribution in [1.82, 2.24) is 4.98 Å². The van der Waals surface area contributed by atoms with Gasteiger partial charge in [-0.25, -0.2) is 4.98 Å². The van der Waals surface area contributed by atoms with Crippen LogP contribution >= 0.6 is 18.9 Å². The van der Waals surface area contributed by atoms with Crippen molar-refractivity contribution in [3.8, 4) is 0 Å². The Bertz CT molecular complexity index is 460. The van der Waals surface area contributed by atoms with Gasteiger partial charge in [0.05, 0.1) is 18.9 Å². The number of amides is 1. The van der Waals surface area contributed by atoms with Gasteiger partial charge >= 0.3 is 7.60 Å². The van der Waals surface area contributed by atoms with Crippen molar-refractivity contribution >= 4 is 30.0 Å². The minimum Gasteiger partial charge on any atom is -0.309 e. The van der Waals surface area contributed by atoms with Gasteiger partial charge in [0.15, 0.2) is 5.13 Å². The van der Waals surface area contributed by atoms with Crippen LogP contribution in [0.3, 0.4) is 0 Å². The molecule has 8 heteroatoms. The molecule has 0 saturated heterocycles. The third-order valence-corrected chi connectivity index (χ3v) is 5.23. The predicted molar refractivity (Wildman–Crippen MR) is 75.9 cm³/mol. The fraction of sp³-hybridized carbons (Fsp3) is 0.636. The predicted octanol–water partition coefficient (Wildman–Crippen LogP) is 2.96. The summed E-state index contributed by atoms with van der Waals surface area (Å²) in [6.45, 7) is 7.68. The van der Waals surface area contributed by atoms with E-state index in [4.69, 9.17) is 9.05 Å². The molecule has 0 aromatic carbocycles. The lowest BCUT2D eigenvalue weighted by Crippen LogP contribution is -2.18. The highest BCUT2D eigenvalue weighted by Gasteiger charge is 2.28. The molecule has 1 aromatic heterocycles. The van der Waals surface area contributed by atoms with E-state index in [-0.39, 0.29) is 19.4 Å². The molecule has 0 aliphatic carbocycles. The number of hydrogen-bond donors (Lipinski definition) is 1. The zero-order valence-electron chi connectivity index (χ0n) is 11.6. The molecule has 1 aromatic rings. The highest BCUT2D eigenvalue weighted by Crippen LogP contribution is 2.47. The Morgan fingerprint density at radius 2 is 1.89 bits per heavy atom. The van der Waals surface area contributed by atoms with E-state index in [1.807, 2.05) is 13.8 Å². The lowest BCUT2D eigenvalue weighted by atomic mass is 10.4. The van der Waals surface area contributed by atoms with Crippen LogP contribution in [-0.2, 0) is 18.4 Å². The molecule has 0 aliphatic heterocycles. The fourth-order valence-electron chi connectivity index (χ4n) is 1.38. The summed E-state index contributed by atoms with van der Waals surface area (Å²) in [5, 5.41) is 3.11. The van der Waals surface area contributed by atoms with E-state index < -0.39 is 13.5 Å². The summed E-state index contributed by atoms with van der Waals surface area (Å²) < 4.78 is 22.3. The van der Waals surface area contributed by atoms with Crippen LogP contribution in [0.15, 0.2) is 0 Å². The monoisotopic (exact) mass is 306 g/mol. The minimum atomic E-state index is -3.35. The minimum absolute atomic E-state index is 0.236. The second-order valence-electron chi connectivity index (χ2n) is 3.81. The third kappa shape index (κ3) is 5.03. The van der Waals surface area contributed by atoms with Crippen molar-refractivity contribution in [3.63, 3.8) is 0 Å². The van der Waals surface area contributed by atoms with Crippen LogP contribution in [0.25, 0.3) is 0 Å². The van der Waals surface area contributed by atoms with Gasteiger partial charge in [-0.3, -0.25) is 9.36 Å². The molecule has 1 N–H and O–H groups in total. The Balaban J connectivity index is 2.65. The summed E-state index contributed by atoms with van der Waals surface area (Å²) in [4.78, 5) is 17.0. The number of nitrogens with zero attached hydrogens (tertiary/aromatic N) is 1. The molecule has 0 atom stereocenters. The molecular formula is C11H19N2O4PS. The topological polar surface area (TPSA) is 77.5 Å². The van der Waals surface area contributed by atoms with Crippen LogP contribution in [0.4, 0.5) is 5.13 Å². The van der Waals surface area contributed by atoms with Crippen molar-refractivity contribution in [1.29, 1.82) is 0 Å². The standard InChI is InChI=1S/C11H19N2O4PS/c1-5-16-18(15,17-6-2)7-10(14)13-11-12-8(3)9(4)19-11/h5-7H2,1-4H3,(H,12,13,14). The molecular weight excluding hydrogens is 287 g/mol. The number of anilines is 1. The van der Waals surface area contributed by atoms with Gasteiger partial charge in [-0.05, 0) is 27.7 Å². The summed E-state index contributed by atoms with van der Waals surface area (Å²) in [6.07, 6.45) is -0.299. The van der Waals surface area contributed by atoms with Crippen LogP contribution in [0.1, 0.15) is 24.4 Å². The number of carbonyl (C=O) groups is 1. The first kappa shape index (κ1) is 16.3. The molecule has 108 valence electrons. The zero-order chi connectivity index (χ0) is 14.5. The average molecular weight is 306 g/mol. The number of aromatic nitrogens is 1. The Labute approximate surface area is 117 Å². The average Bonchev–Trinajstić information content (AvgIpc) is 2.57. The SMILES string of the molecule is CCOP(=O)(CC(=O)Nc1nc(C)c(C)s1)OCC. The number of nitrogens with one attached hydrogen (secondary N) is 1. The smallest absolute Gasteiger partial charge is 0.309 e. The first-order valence-electron chi connectivity index (χ1n) is 6.02. The van der Waals surface area contributed by atoms with Crippen molar-refractivity contribution < 1.29 is 18.4 Å². The maximum absolute atomic E-state index is 12.2. The summed E-state index contributed by atoms with van der Waals surface area (Å²) >= 11 is 1.38. The largest absolute Gasteiger partial charge is 0.340 e. The molecule has 19 heavy (non-hydrogen) atoms. The second kappa shape index (κ2) is 7.14. The molecule has 1 heterocycles. The molecule has 0 unspecified atom stereocenters. The van der Waals surface area contributed by atoms with Crippen LogP contribution in [0.5, 0.6) is 0 Å². The number of carbonyl (C=O) groups excluding carboxylic acids is 1. The summed E-state index contributed by atoms with van der Waals surface area (Å²) in [6, 6.07) is 0. The van der Waals surface area contributed by atoms with Crippen LogP contribution < -0.4 is 5.32 Å². The lowest BCUT2D eigenvalue weighted by Gasteiger charge is -2.15. The Morgan fingerprint density at radius 1 is 1.32 bits per heavy atom. The van der Waals surface area contributed by atoms with Crippen molar-refractivity contribution in [2.45, 2.75) is 27.7 Å². The summed E-state index contributed by atoms with van der Waals surface area (Å²) in [5.41, 5.74) is 0.873. The highest BCUT2D eigenvalue weighted by atomic mass is 32.1. The normalized spacial score (nSPS) is 11.6. The second-order valence-corrected chi connectivity index (χ2v) is 7.07. The molecule has 1 rings (SSSR count). The van der Waals surface area contributed by atoms with E-state index in [1.54, 1.807) is 13.8 Å². The van der Waals surface area contributed by atoms with Gasteiger partial charge in [0, 0.05) is 4.88 Å². The van der Waals surface area contributed by atoms with E-state index in [0.29, 0.717) is 5.13 Å².